The zero-order chi connectivity index (χ0) is 8.69. The molecule has 1 amide bonds. The van der Waals surface area contributed by atoms with E-state index in [1.54, 1.807) is 0 Å². The summed E-state index contributed by atoms with van der Waals surface area (Å²) < 4.78 is 4.51. The fourth-order valence-corrected chi connectivity index (χ4v) is 0.739. The molecular weight excluding hydrogens is 144 g/mol. The second-order valence-electron chi connectivity index (χ2n) is 2.53. The van der Waals surface area contributed by atoms with Crippen LogP contribution in [-0.4, -0.2) is 18.7 Å². The van der Waals surface area contributed by atoms with Crippen molar-refractivity contribution in [1.29, 1.82) is 0 Å². The van der Waals surface area contributed by atoms with Crippen molar-refractivity contribution < 1.29 is 9.53 Å². The molecule has 66 valence electrons. The fraction of sp³-hybridized carbons (Fsp3) is 0.857. The molecule has 0 aromatic rings. The highest BCUT2D eigenvalue weighted by Gasteiger charge is 2.03. The number of carbonyl (C=O) groups is 1. The lowest BCUT2D eigenvalue weighted by Crippen LogP contribution is -2.29. The van der Waals surface area contributed by atoms with Crippen LogP contribution in [0.5, 0.6) is 0 Å². The predicted molar refractivity (Wildman–Crippen MR) is 43.0 cm³/mol. The Morgan fingerprint density at radius 3 is 2.73 bits per heavy atom. The number of carbonyl (C=O) groups excluding carboxylic acids is 1. The van der Waals surface area contributed by atoms with E-state index in [0.717, 1.165) is 19.3 Å². The second-order valence-corrected chi connectivity index (χ2v) is 2.53. The van der Waals surface area contributed by atoms with Gasteiger partial charge in [-0.3, -0.25) is 0 Å². The van der Waals surface area contributed by atoms with Gasteiger partial charge in [-0.05, 0) is 6.42 Å². The van der Waals surface area contributed by atoms with Crippen LogP contribution in [0.2, 0.25) is 0 Å². The van der Waals surface area contributed by atoms with E-state index >= 15 is 0 Å². The van der Waals surface area contributed by atoms with Gasteiger partial charge in [0.05, 0.1) is 0 Å². The molecule has 4 heteroatoms. The third-order valence-electron chi connectivity index (χ3n) is 1.37. The van der Waals surface area contributed by atoms with Gasteiger partial charge >= 0.3 is 6.09 Å². The highest BCUT2D eigenvalue weighted by molar-refractivity contribution is 5.64. The van der Waals surface area contributed by atoms with Gasteiger partial charge in [-0.15, -0.1) is 0 Å². The average Bonchev–Trinajstić information content (AvgIpc) is 1.97. The van der Waals surface area contributed by atoms with Gasteiger partial charge in [-0.2, -0.15) is 0 Å². The molecule has 0 saturated carbocycles. The van der Waals surface area contributed by atoms with E-state index < -0.39 is 6.09 Å². The largest absolute Gasteiger partial charge is 0.448 e. The first-order valence-electron chi connectivity index (χ1n) is 3.84. The number of rotatable bonds is 5. The molecule has 1 atom stereocenters. The molecule has 0 heterocycles. The van der Waals surface area contributed by atoms with Crippen molar-refractivity contribution >= 4 is 6.09 Å². The van der Waals surface area contributed by atoms with Crippen molar-refractivity contribution in [2.75, 3.05) is 6.61 Å². The molecule has 0 aliphatic heterocycles. The number of amides is 1. The van der Waals surface area contributed by atoms with E-state index in [1.807, 2.05) is 0 Å². The van der Waals surface area contributed by atoms with Gasteiger partial charge in [0.25, 0.3) is 0 Å². The lowest BCUT2D eigenvalue weighted by molar-refractivity contribution is 0.147. The number of ether oxygens (including phenoxy) is 1. The molecule has 0 aromatic heterocycles. The maximum absolute atomic E-state index is 10.1. The Morgan fingerprint density at radius 1 is 1.64 bits per heavy atom. The van der Waals surface area contributed by atoms with E-state index in [4.69, 9.17) is 11.5 Å². The van der Waals surface area contributed by atoms with Crippen LogP contribution in [0.3, 0.4) is 0 Å². The van der Waals surface area contributed by atoms with Gasteiger partial charge in [0, 0.05) is 6.04 Å². The SMILES string of the molecule is CCCCC(N)COC(N)=O. The summed E-state index contributed by atoms with van der Waals surface area (Å²) in [5.74, 6) is 0. The number of nitrogens with two attached hydrogens (primary N) is 2. The van der Waals surface area contributed by atoms with Gasteiger partial charge in [0.2, 0.25) is 0 Å². The van der Waals surface area contributed by atoms with Gasteiger partial charge in [0.1, 0.15) is 6.61 Å². The second kappa shape index (κ2) is 5.97. The quantitative estimate of drug-likeness (QED) is 0.618. The predicted octanol–water partition coefficient (Wildman–Crippen LogP) is 0.599. The number of primary amides is 1. The summed E-state index contributed by atoms with van der Waals surface area (Å²) >= 11 is 0. The zero-order valence-corrected chi connectivity index (χ0v) is 6.88. The van der Waals surface area contributed by atoms with Crippen molar-refractivity contribution in [3.05, 3.63) is 0 Å². The minimum Gasteiger partial charge on any atom is -0.448 e. The Labute approximate surface area is 66.9 Å². The molecule has 0 aromatic carbocycles. The summed E-state index contributed by atoms with van der Waals surface area (Å²) in [4.78, 5) is 10.1. The van der Waals surface area contributed by atoms with Gasteiger partial charge in [0.15, 0.2) is 0 Å². The molecule has 0 fully saturated rings. The van der Waals surface area contributed by atoms with E-state index in [1.165, 1.54) is 0 Å². The average molecular weight is 160 g/mol. The summed E-state index contributed by atoms with van der Waals surface area (Å²) in [6, 6.07) is -0.0672. The van der Waals surface area contributed by atoms with Gasteiger partial charge in [-0.25, -0.2) is 4.79 Å². The molecule has 0 bridgehead atoms. The van der Waals surface area contributed by atoms with Crippen LogP contribution < -0.4 is 11.5 Å². The molecule has 0 saturated heterocycles. The van der Waals surface area contributed by atoms with Crippen LogP contribution in [0, 0.1) is 0 Å². The highest BCUT2D eigenvalue weighted by atomic mass is 16.5. The normalized spacial score (nSPS) is 12.5. The van der Waals surface area contributed by atoms with Crippen LogP contribution >= 0.6 is 0 Å². The first-order chi connectivity index (χ1) is 5.16. The molecule has 0 aliphatic carbocycles. The van der Waals surface area contributed by atoms with Crippen molar-refractivity contribution in [3.8, 4) is 0 Å². The molecular formula is C7H16N2O2. The summed E-state index contributed by atoms with van der Waals surface area (Å²) in [5, 5.41) is 0. The van der Waals surface area contributed by atoms with Crippen LogP contribution in [-0.2, 0) is 4.74 Å². The molecule has 4 nitrogen and oxygen atoms in total. The minimum absolute atomic E-state index is 0.0672. The van der Waals surface area contributed by atoms with Crippen molar-refractivity contribution in [2.24, 2.45) is 11.5 Å². The first-order valence-corrected chi connectivity index (χ1v) is 3.84. The van der Waals surface area contributed by atoms with Crippen molar-refractivity contribution in [1.82, 2.24) is 0 Å². The maximum Gasteiger partial charge on any atom is 0.404 e. The topological polar surface area (TPSA) is 78.3 Å². The molecule has 1 unspecified atom stereocenters. The Balaban J connectivity index is 3.22. The minimum atomic E-state index is -0.753. The van der Waals surface area contributed by atoms with Crippen molar-refractivity contribution in [3.63, 3.8) is 0 Å². The number of unbranched alkanes of at least 4 members (excludes halogenated alkanes) is 1. The summed E-state index contributed by atoms with van der Waals surface area (Å²) in [6.45, 7) is 2.32. The maximum atomic E-state index is 10.1. The molecule has 0 aliphatic rings. The molecule has 4 N–H and O–H groups in total. The molecule has 11 heavy (non-hydrogen) atoms. The first kappa shape index (κ1) is 10.2. The van der Waals surface area contributed by atoms with Gasteiger partial charge in [-0.1, -0.05) is 19.8 Å². The Morgan fingerprint density at radius 2 is 2.27 bits per heavy atom. The van der Waals surface area contributed by atoms with E-state index in [9.17, 15) is 4.79 Å². The zero-order valence-electron chi connectivity index (χ0n) is 6.88. The number of hydrogen-bond donors (Lipinski definition) is 2. The third-order valence-corrected chi connectivity index (χ3v) is 1.37. The summed E-state index contributed by atoms with van der Waals surface area (Å²) in [7, 11) is 0. The molecule has 0 spiro atoms. The molecule has 0 rings (SSSR count). The van der Waals surface area contributed by atoms with E-state index in [2.05, 4.69) is 11.7 Å². The Kier molecular flexibility index (Phi) is 5.56. The lowest BCUT2D eigenvalue weighted by Gasteiger charge is -2.09. The van der Waals surface area contributed by atoms with E-state index in [-0.39, 0.29) is 12.6 Å². The lowest BCUT2D eigenvalue weighted by atomic mass is 10.1. The molecule has 0 radical (unpaired) electrons. The van der Waals surface area contributed by atoms with Crippen LogP contribution in [0.1, 0.15) is 26.2 Å². The van der Waals surface area contributed by atoms with Crippen LogP contribution in [0.15, 0.2) is 0 Å². The Hall–Kier alpha value is -0.770. The summed E-state index contributed by atoms with van der Waals surface area (Å²) in [6.07, 6.45) is 2.29. The highest BCUT2D eigenvalue weighted by Crippen LogP contribution is 1.97. The summed E-state index contributed by atoms with van der Waals surface area (Å²) in [5.41, 5.74) is 10.3. The fourth-order valence-electron chi connectivity index (χ4n) is 0.739. The Bertz CT molecular complexity index is 117. The van der Waals surface area contributed by atoms with Crippen LogP contribution in [0.4, 0.5) is 4.79 Å². The smallest absolute Gasteiger partial charge is 0.404 e. The van der Waals surface area contributed by atoms with Gasteiger partial charge < -0.3 is 16.2 Å². The van der Waals surface area contributed by atoms with Crippen molar-refractivity contribution in [2.45, 2.75) is 32.2 Å². The number of hydrogen-bond acceptors (Lipinski definition) is 3. The third kappa shape index (κ3) is 7.12. The standard InChI is InChI=1S/C7H16N2O2/c1-2-3-4-6(8)5-11-7(9)10/h6H,2-5,8H2,1H3,(H2,9,10). The monoisotopic (exact) mass is 160 g/mol. The van der Waals surface area contributed by atoms with Crippen LogP contribution in [0.25, 0.3) is 0 Å². The van der Waals surface area contributed by atoms with E-state index in [0.29, 0.717) is 0 Å².